The van der Waals surface area contributed by atoms with Gasteiger partial charge < -0.3 is 4.74 Å². The second kappa shape index (κ2) is 6.75. The Balaban J connectivity index is 3.14. The van der Waals surface area contributed by atoms with Crippen molar-refractivity contribution in [3.05, 3.63) is 29.3 Å². The normalized spacial score (nSPS) is 9.95. The van der Waals surface area contributed by atoms with Gasteiger partial charge in [-0.2, -0.15) is 0 Å². The van der Waals surface area contributed by atoms with Crippen LogP contribution in [0.3, 0.4) is 0 Å². The molecule has 0 atom stereocenters. The van der Waals surface area contributed by atoms with Crippen molar-refractivity contribution >= 4 is 23.1 Å². The summed E-state index contributed by atoms with van der Waals surface area (Å²) in [5.74, 6) is -0.934. The average molecular weight is 276 g/mol. The Morgan fingerprint density at radius 3 is 1.55 bits per heavy atom. The summed E-state index contributed by atoms with van der Waals surface area (Å²) < 4.78 is 5.03. The molecule has 0 N–H and O–H groups in total. The second-order valence-electron chi connectivity index (χ2n) is 4.55. The van der Waals surface area contributed by atoms with Crippen molar-refractivity contribution < 1.29 is 23.9 Å². The number of benzene rings is 1. The zero-order valence-corrected chi connectivity index (χ0v) is 11.7. The highest BCUT2D eigenvalue weighted by atomic mass is 16.5. The minimum absolute atomic E-state index is 0.228. The Morgan fingerprint density at radius 2 is 1.25 bits per heavy atom. The van der Waals surface area contributed by atoms with Gasteiger partial charge in [0.1, 0.15) is 17.3 Å². The summed E-state index contributed by atoms with van der Waals surface area (Å²) in [7, 11) is 1.41. The van der Waals surface area contributed by atoms with E-state index in [0.29, 0.717) is 5.75 Å². The van der Waals surface area contributed by atoms with Gasteiger partial charge in [-0.05, 0) is 32.0 Å². The van der Waals surface area contributed by atoms with E-state index in [4.69, 9.17) is 4.74 Å². The van der Waals surface area contributed by atoms with E-state index in [1.165, 1.54) is 39.2 Å². The molecule has 0 radical (unpaired) electrons. The van der Waals surface area contributed by atoms with Crippen LogP contribution < -0.4 is 4.74 Å². The molecule has 0 saturated heterocycles. The van der Waals surface area contributed by atoms with Gasteiger partial charge in [0.15, 0.2) is 11.6 Å². The first-order valence-electron chi connectivity index (χ1n) is 6.08. The van der Waals surface area contributed by atoms with Crippen molar-refractivity contribution in [3.8, 4) is 5.75 Å². The van der Waals surface area contributed by atoms with Gasteiger partial charge in [-0.1, -0.05) is 0 Å². The maximum Gasteiger partial charge on any atom is 0.170 e. The van der Waals surface area contributed by atoms with Crippen LogP contribution in [0.1, 0.15) is 47.4 Å². The Hall–Kier alpha value is -2.30. The predicted molar refractivity (Wildman–Crippen MR) is 72.3 cm³/mol. The molecule has 0 aliphatic rings. The van der Waals surface area contributed by atoms with Gasteiger partial charge in [0.05, 0.1) is 20.0 Å². The monoisotopic (exact) mass is 276 g/mol. The molecule has 0 amide bonds. The van der Waals surface area contributed by atoms with Crippen LogP contribution in [0.2, 0.25) is 0 Å². The summed E-state index contributed by atoms with van der Waals surface area (Å²) in [5, 5.41) is 0. The Morgan fingerprint density at radius 1 is 0.850 bits per heavy atom. The molecule has 0 aliphatic heterocycles. The lowest BCUT2D eigenvalue weighted by Gasteiger charge is -2.07. The number of Topliss-reactive ketones (excluding diaryl/α,β-unsaturated/α-hetero) is 4. The van der Waals surface area contributed by atoms with Crippen molar-refractivity contribution in [1.29, 1.82) is 0 Å². The number of carbonyl (C=O) groups excluding carboxylic acids is 4. The van der Waals surface area contributed by atoms with Crippen molar-refractivity contribution in [2.75, 3.05) is 7.11 Å². The number of carbonyl (C=O) groups is 4. The van der Waals surface area contributed by atoms with Gasteiger partial charge >= 0.3 is 0 Å². The smallest absolute Gasteiger partial charge is 0.170 e. The summed E-state index contributed by atoms with van der Waals surface area (Å²) in [4.78, 5) is 45.7. The van der Waals surface area contributed by atoms with Gasteiger partial charge in [-0.15, -0.1) is 0 Å². The van der Waals surface area contributed by atoms with E-state index in [1.54, 1.807) is 0 Å². The van der Waals surface area contributed by atoms with E-state index in [-0.39, 0.29) is 47.1 Å². The molecular formula is C15H16O5. The van der Waals surface area contributed by atoms with Crippen molar-refractivity contribution in [3.63, 3.8) is 0 Å². The summed E-state index contributed by atoms with van der Waals surface area (Å²) >= 11 is 0. The standard InChI is InChI=1S/C15H16O5/c1-9(16)4-14(18)11-6-12(8-13(7-11)20-3)15(19)5-10(2)17/h6-8H,4-5H2,1-3H3. The fourth-order valence-corrected chi connectivity index (χ4v) is 1.70. The third-order valence-electron chi connectivity index (χ3n) is 2.61. The third-order valence-corrected chi connectivity index (χ3v) is 2.61. The first-order valence-corrected chi connectivity index (χ1v) is 6.08. The maximum atomic E-state index is 11.9. The highest BCUT2D eigenvalue weighted by Crippen LogP contribution is 2.19. The number of methoxy groups -OCH3 is 1. The fraction of sp³-hybridized carbons (Fsp3) is 0.333. The van der Waals surface area contributed by atoms with Gasteiger partial charge in [-0.25, -0.2) is 0 Å². The van der Waals surface area contributed by atoms with E-state index < -0.39 is 0 Å². The quantitative estimate of drug-likeness (QED) is 0.562. The molecular weight excluding hydrogens is 260 g/mol. The molecule has 0 unspecified atom stereocenters. The molecule has 0 fully saturated rings. The predicted octanol–water partition coefficient (Wildman–Crippen LogP) is 2.02. The minimum Gasteiger partial charge on any atom is -0.497 e. The summed E-state index contributed by atoms with van der Waals surface area (Å²) in [5.41, 5.74) is 0.456. The topological polar surface area (TPSA) is 77.5 Å². The van der Waals surface area contributed by atoms with Crippen LogP contribution in [0.4, 0.5) is 0 Å². The van der Waals surface area contributed by atoms with Gasteiger partial charge in [-0.3, -0.25) is 19.2 Å². The zero-order valence-electron chi connectivity index (χ0n) is 11.7. The Labute approximate surface area is 116 Å². The van der Waals surface area contributed by atoms with E-state index in [1.807, 2.05) is 0 Å². The molecule has 0 aliphatic carbocycles. The zero-order chi connectivity index (χ0) is 15.3. The molecule has 1 rings (SSSR count). The lowest BCUT2D eigenvalue weighted by Crippen LogP contribution is -2.09. The van der Waals surface area contributed by atoms with Crippen molar-refractivity contribution in [2.45, 2.75) is 26.7 Å². The lowest BCUT2D eigenvalue weighted by molar-refractivity contribution is -0.117. The summed E-state index contributed by atoms with van der Waals surface area (Å²) in [6, 6.07) is 4.32. The van der Waals surface area contributed by atoms with E-state index >= 15 is 0 Å². The second-order valence-corrected chi connectivity index (χ2v) is 4.55. The SMILES string of the molecule is COc1cc(C(=O)CC(C)=O)cc(C(=O)CC(C)=O)c1. The number of ketones is 4. The first-order chi connectivity index (χ1) is 9.33. The molecule has 0 saturated carbocycles. The fourth-order valence-electron chi connectivity index (χ4n) is 1.70. The molecule has 0 aromatic heterocycles. The van der Waals surface area contributed by atoms with E-state index in [2.05, 4.69) is 0 Å². The highest BCUT2D eigenvalue weighted by molar-refractivity contribution is 6.11. The van der Waals surface area contributed by atoms with E-state index in [9.17, 15) is 19.2 Å². The van der Waals surface area contributed by atoms with Crippen LogP contribution in [-0.4, -0.2) is 30.2 Å². The molecule has 0 heterocycles. The molecule has 1 aromatic carbocycles. The van der Waals surface area contributed by atoms with Crippen LogP contribution >= 0.6 is 0 Å². The molecule has 1 aromatic rings. The molecule has 20 heavy (non-hydrogen) atoms. The molecule has 0 bridgehead atoms. The first kappa shape index (κ1) is 15.8. The maximum absolute atomic E-state index is 11.9. The largest absolute Gasteiger partial charge is 0.497 e. The number of ether oxygens (including phenoxy) is 1. The Kier molecular flexibility index (Phi) is 5.32. The summed E-state index contributed by atoms with van der Waals surface area (Å²) in [6.07, 6.45) is -0.457. The van der Waals surface area contributed by atoms with Crippen LogP contribution in [-0.2, 0) is 9.59 Å². The van der Waals surface area contributed by atoms with Crippen LogP contribution in [0, 0.1) is 0 Å². The minimum atomic E-state index is -0.381. The average Bonchev–Trinajstić information content (AvgIpc) is 2.36. The number of hydrogen-bond acceptors (Lipinski definition) is 5. The summed E-state index contributed by atoms with van der Waals surface area (Å²) in [6.45, 7) is 2.64. The molecule has 5 heteroatoms. The van der Waals surface area contributed by atoms with Gasteiger partial charge in [0, 0.05) is 11.1 Å². The van der Waals surface area contributed by atoms with Gasteiger partial charge in [0.2, 0.25) is 0 Å². The lowest BCUT2D eigenvalue weighted by atomic mass is 9.99. The van der Waals surface area contributed by atoms with Crippen LogP contribution in [0.15, 0.2) is 18.2 Å². The van der Waals surface area contributed by atoms with Crippen molar-refractivity contribution in [1.82, 2.24) is 0 Å². The molecule has 5 nitrogen and oxygen atoms in total. The molecule has 0 spiro atoms. The van der Waals surface area contributed by atoms with E-state index in [0.717, 1.165) is 0 Å². The Bertz CT molecular complexity index is 525. The number of hydrogen-bond donors (Lipinski definition) is 0. The van der Waals surface area contributed by atoms with Crippen LogP contribution in [0.5, 0.6) is 5.75 Å². The number of rotatable bonds is 7. The highest BCUT2D eigenvalue weighted by Gasteiger charge is 2.15. The van der Waals surface area contributed by atoms with Crippen molar-refractivity contribution in [2.24, 2.45) is 0 Å². The third kappa shape index (κ3) is 4.42. The van der Waals surface area contributed by atoms with Crippen LogP contribution in [0.25, 0.3) is 0 Å². The molecule has 106 valence electrons. The van der Waals surface area contributed by atoms with Gasteiger partial charge in [0.25, 0.3) is 0 Å².